The molecule has 0 unspecified atom stereocenters. The van der Waals surface area contributed by atoms with Crippen molar-refractivity contribution in [3.05, 3.63) is 182 Å². The van der Waals surface area contributed by atoms with Crippen LogP contribution in [0.3, 0.4) is 0 Å². The summed E-state index contributed by atoms with van der Waals surface area (Å²) in [5, 5.41) is 9.15. The van der Waals surface area contributed by atoms with Gasteiger partial charge in [-0.2, -0.15) is 0 Å². The Labute approximate surface area is 336 Å². The molecular formula is C52H30N4OS. The van der Waals surface area contributed by atoms with Crippen molar-refractivity contribution in [3.8, 4) is 56.5 Å². The standard InChI is InChI=1S/C52H30N4OS/c1-2-13-33(14-3-1)49-54-50(56-51(55-49)43-22-12-21-40-37-17-8-10-23-44(37)57-48(40)43)41-30-29-34(35-15-4-5-16-36(35)41)31-25-27-32(28-26-31)47-39-19-7-6-18-38(39)46-42-20-9-11-24-45(42)58-52(46)53-47/h1-30H. The molecule has 0 fully saturated rings. The van der Waals surface area contributed by atoms with Gasteiger partial charge in [-0.25, -0.2) is 19.9 Å². The van der Waals surface area contributed by atoms with Crippen molar-refractivity contribution < 1.29 is 4.42 Å². The highest BCUT2D eigenvalue weighted by atomic mass is 32.1. The number of fused-ring (bicyclic) bond motifs is 9. The topological polar surface area (TPSA) is 64.7 Å². The van der Waals surface area contributed by atoms with Crippen LogP contribution in [0.5, 0.6) is 0 Å². The highest BCUT2D eigenvalue weighted by molar-refractivity contribution is 7.25. The first-order chi connectivity index (χ1) is 28.7. The van der Waals surface area contributed by atoms with E-state index in [9.17, 15) is 0 Å². The third-order valence-electron chi connectivity index (χ3n) is 11.2. The first kappa shape index (κ1) is 32.7. The molecule has 12 aromatic rings. The molecule has 0 atom stereocenters. The largest absolute Gasteiger partial charge is 0.455 e. The zero-order chi connectivity index (χ0) is 38.2. The Morgan fingerprint density at radius 2 is 0.931 bits per heavy atom. The number of hydrogen-bond acceptors (Lipinski definition) is 6. The molecule has 0 spiro atoms. The molecule has 0 amide bonds. The summed E-state index contributed by atoms with van der Waals surface area (Å²) in [5.74, 6) is 1.77. The van der Waals surface area contributed by atoms with Gasteiger partial charge in [0.2, 0.25) is 0 Å². The number of hydrogen-bond donors (Lipinski definition) is 0. The van der Waals surface area contributed by atoms with Gasteiger partial charge in [0.25, 0.3) is 0 Å². The molecule has 270 valence electrons. The minimum atomic E-state index is 0.562. The second-order valence-electron chi connectivity index (χ2n) is 14.5. The third kappa shape index (κ3) is 5.16. The summed E-state index contributed by atoms with van der Waals surface area (Å²) in [7, 11) is 0. The van der Waals surface area contributed by atoms with Crippen molar-refractivity contribution in [2.75, 3.05) is 0 Å². The van der Waals surface area contributed by atoms with Crippen LogP contribution in [0.25, 0.3) is 120 Å². The molecule has 12 rings (SSSR count). The normalized spacial score (nSPS) is 11.8. The molecule has 4 heterocycles. The van der Waals surface area contributed by atoms with Gasteiger partial charge in [0.1, 0.15) is 16.0 Å². The minimum absolute atomic E-state index is 0.562. The fourth-order valence-electron chi connectivity index (χ4n) is 8.47. The van der Waals surface area contributed by atoms with Crippen LogP contribution in [0.2, 0.25) is 0 Å². The molecule has 4 aromatic heterocycles. The van der Waals surface area contributed by atoms with Crippen LogP contribution in [0.15, 0.2) is 186 Å². The minimum Gasteiger partial charge on any atom is -0.455 e. The second-order valence-corrected chi connectivity index (χ2v) is 15.6. The molecule has 0 N–H and O–H groups in total. The summed E-state index contributed by atoms with van der Waals surface area (Å²) >= 11 is 1.76. The Morgan fingerprint density at radius 1 is 0.345 bits per heavy atom. The van der Waals surface area contributed by atoms with Gasteiger partial charge in [0.15, 0.2) is 17.5 Å². The number of benzene rings is 8. The van der Waals surface area contributed by atoms with Crippen LogP contribution in [-0.2, 0) is 0 Å². The first-order valence-electron chi connectivity index (χ1n) is 19.3. The number of furan rings is 1. The van der Waals surface area contributed by atoms with Gasteiger partial charge in [-0.15, -0.1) is 11.3 Å². The summed E-state index contributed by atoms with van der Waals surface area (Å²) in [6.07, 6.45) is 0. The maximum absolute atomic E-state index is 6.45. The second kappa shape index (κ2) is 13.0. The van der Waals surface area contributed by atoms with Crippen LogP contribution in [0, 0.1) is 0 Å². The lowest BCUT2D eigenvalue weighted by Crippen LogP contribution is -2.01. The van der Waals surface area contributed by atoms with Crippen LogP contribution in [-0.4, -0.2) is 19.9 Å². The van der Waals surface area contributed by atoms with E-state index < -0.39 is 0 Å². The molecule has 0 saturated carbocycles. The highest BCUT2D eigenvalue weighted by Crippen LogP contribution is 2.42. The van der Waals surface area contributed by atoms with E-state index in [2.05, 4.69) is 121 Å². The van der Waals surface area contributed by atoms with Gasteiger partial charge in [-0.05, 0) is 51.6 Å². The van der Waals surface area contributed by atoms with Crippen LogP contribution < -0.4 is 0 Å². The Kier molecular flexibility index (Phi) is 7.33. The molecule has 0 aliphatic rings. The van der Waals surface area contributed by atoms with Gasteiger partial charge in [0, 0.05) is 48.3 Å². The average molecular weight is 759 g/mol. The van der Waals surface area contributed by atoms with E-state index in [0.29, 0.717) is 17.5 Å². The van der Waals surface area contributed by atoms with Gasteiger partial charge in [-0.3, -0.25) is 0 Å². The van der Waals surface area contributed by atoms with E-state index in [0.717, 1.165) is 82.0 Å². The van der Waals surface area contributed by atoms with Gasteiger partial charge < -0.3 is 4.42 Å². The number of aromatic nitrogens is 4. The number of nitrogens with zero attached hydrogens (tertiary/aromatic N) is 4. The summed E-state index contributed by atoms with van der Waals surface area (Å²) in [6.45, 7) is 0. The van der Waals surface area contributed by atoms with E-state index in [4.69, 9.17) is 24.4 Å². The van der Waals surface area contributed by atoms with Crippen molar-refractivity contribution in [1.29, 1.82) is 0 Å². The van der Waals surface area contributed by atoms with Crippen LogP contribution in [0.4, 0.5) is 0 Å². The van der Waals surface area contributed by atoms with E-state index in [1.165, 1.54) is 20.9 Å². The summed E-state index contributed by atoms with van der Waals surface area (Å²) in [5.41, 5.74) is 8.61. The molecule has 8 aromatic carbocycles. The monoisotopic (exact) mass is 758 g/mol. The first-order valence-corrected chi connectivity index (χ1v) is 20.1. The van der Waals surface area contributed by atoms with Gasteiger partial charge >= 0.3 is 0 Å². The van der Waals surface area contributed by atoms with Gasteiger partial charge in [0.05, 0.1) is 11.3 Å². The fourth-order valence-corrected chi connectivity index (χ4v) is 9.56. The van der Waals surface area contributed by atoms with E-state index in [-0.39, 0.29) is 0 Å². The van der Waals surface area contributed by atoms with Crippen LogP contribution in [0.1, 0.15) is 0 Å². The quantitative estimate of drug-likeness (QED) is 0.175. The Bertz CT molecular complexity index is 3570. The van der Waals surface area contributed by atoms with E-state index in [1.807, 2.05) is 60.7 Å². The van der Waals surface area contributed by atoms with Crippen molar-refractivity contribution in [3.63, 3.8) is 0 Å². The molecule has 0 radical (unpaired) electrons. The van der Waals surface area contributed by atoms with E-state index >= 15 is 0 Å². The smallest absolute Gasteiger partial charge is 0.167 e. The molecule has 5 nitrogen and oxygen atoms in total. The zero-order valence-electron chi connectivity index (χ0n) is 30.9. The molecule has 0 aliphatic heterocycles. The maximum Gasteiger partial charge on any atom is 0.167 e. The lowest BCUT2D eigenvalue weighted by atomic mass is 9.93. The SMILES string of the molecule is c1ccc(-c2nc(-c3ccc(-c4ccc(-c5nc6sc7ccccc7c6c6ccccc56)cc4)c4ccccc34)nc(-c3cccc4c3oc3ccccc34)n2)cc1. The highest BCUT2D eigenvalue weighted by Gasteiger charge is 2.20. The molecule has 0 aliphatic carbocycles. The lowest BCUT2D eigenvalue weighted by molar-refractivity contribution is 0.669. The number of thiophene rings is 1. The Balaban J connectivity index is 0.991. The van der Waals surface area contributed by atoms with Crippen molar-refractivity contribution in [2.24, 2.45) is 0 Å². The van der Waals surface area contributed by atoms with Crippen molar-refractivity contribution >= 4 is 75.1 Å². The molecular weight excluding hydrogens is 729 g/mol. The summed E-state index contributed by atoms with van der Waals surface area (Å²) in [6, 6.07) is 63.3. The molecule has 0 saturated heterocycles. The van der Waals surface area contributed by atoms with Crippen molar-refractivity contribution in [2.45, 2.75) is 0 Å². The zero-order valence-corrected chi connectivity index (χ0v) is 31.7. The Hall–Kier alpha value is -7.54. The number of para-hydroxylation sites is 2. The molecule has 58 heavy (non-hydrogen) atoms. The predicted octanol–water partition coefficient (Wildman–Crippen LogP) is 14.2. The average Bonchev–Trinajstić information content (AvgIpc) is 3.87. The number of pyridine rings is 1. The molecule has 0 bridgehead atoms. The Morgan fingerprint density at radius 3 is 1.74 bits per heavy atom. The van der Waals surface area contributed by atoms with E-state index in [1.54, 1.807) is 11.3 Å². The van der Waals surface area contributed by atoms with Crippen molar-refractivity contribution in [1.82, 2.24) is 19.9 Å². The predicted molar refractivity (Wildman–Crippen MR) is 240 cm³/mol. The maximum atomic E-state index is 6.45. The van der Waals surface area contributed by atoms with Gasteiger partial charge in [-0.1, -0.05) is 158 Å². The fraction of sp³-hybridized carbons (Fsp3) is 0. The summed E-state index contributed by atoms with van der Waals surface area (Å²) in [4.78, 5) is 21.7. The third-order valence-corrected chi connectivity index (χ3v) is 12.3. The molecule has 6 heteroatoms. The summed E-state index contributed by atoms with van der Waals surface area (Å²) < 4.78 is 7.70. The lowest BCUT2D eigenvalue weighted by Gasteiger charge is -2.14. The number of rotatable bonds is 5. The van der Waals surface area contributed by atoms with Crippen LogP contribution >= 0.6 is 11.3 Å².